The summed E-state index contributed by atoms with van der Waals surface area (Å²) in [6.07, 6.45) is 0. The molecule has 1 aromatic carbocycles. The maximum Gasteiger partial charge on any atom is 0.384 e. The van der Waals surface area contributed by atoms with Crippen LogP contribution in [0.5, 0.6) is 0 Å². The van der Waals surface area contributed by atoms with E-state index in [1.807, 2.05) is 13.0 Å². The van der Waals surface area contributed by atoms with Crippen LogP contribution in [0.25, 0.3) is 0 Å². The van der Waals surface area contributed by atoms with Crippen LogP contribution in [0.4, 0.5) is 0 Å². The average molecular weight is 218 g/mol. The molecule has 1 N–H and O–H groups in total. The van der Waals surface area contributed by atoms with E-state index < -0.39 is 5.97 Å². The average Bonchev–Trinajstić information content (AvgIpc) is 2.28. The molecule has 0 saturated carbocycles. The summed E-state index contributed by atoms with van der Waals surface area (Å²) in [5, 5.41) is 9.06. The molecule has 0 aliphatic heterocycles. The minimum Gasteiger partial charge on any atom is -0.456 e. The Morgan fingerprint density at radius 2 is 2.25 bits per heavy atom. The van der Waals surface area contributed by atoms with Gasteiger partial charge in [-0.25, -0.2) is 4.79 Å². The molecule has 1 rings (SSSR count). The lowest BCUT2D eigenvalue weighted by Crippen LogP contribution is -1.99. The Labute approximate surface area is 95.1 Å². The van der Waals surface area contributed by atoms with Gasteiger partial charge < -0.3 is 9.84 Å². The second-order valence-corrected chi connectivity index (χ2v) is 3.27. The SMILES string of the molecule is CCOC(=O)C#Cc1ccc(C)c(CO)c1. The van der Waals surface area contributed by atoms with E-state index in [1.54, 1.807) is 19.1 Å². The Morgan fingerprint density at radius 1 is 1.50 bits per heavy atom. The molecule has 16 heavy (non-hydrogen) atoms. The van der Waals surface area contributed by atoms with Crippen LogP contribution in [0.2, 0.25) is 0 Å². The molecular weight excluding hydrogens is 204 g/mol. The van der Waals surface area contributed by atoms with Crippen molar-refractivity contribution in [2.24, 2.45) is 0 Å². The smallest absolute Gasteiger partial charge is 0.384 e. The van der Waals surface area contributed by atoms with Crippen molar-refractivity contribution in [2.75, 3.05) is 6.61 Å². The molecule has 0 unspecified atom stereocenters. The summed E-state index contributed by atoms with van der Waals surface area (Å²) in [6, 6.07) is 5.43. The first-order valence-corrected chi connectivity index (χ1v) is 5.06. The van der Waals surface area contributed by atoms with E-state index in [9.17, 15) is 4.79 Å². The third-order valence-electron chi connectivity index (χ3n) is 2.10. The minimum atomic E-state index is -0.534. The highest BCUT2D eigenvalue weighted by Gasteiger charge is 1.98. The van der Waals surface area contributed by atoms with E-state index in [4.69, 9.17) is 5.11 Å². The quantitative estimate of drug-likeness (QED) is 0.603. The number of esters is 1. The first-order chi connectivity index (χ1) is 7.67. The number of aliphatic hydroxyl groups excluding tert-OH is 1. The van der Waals surface area contributed by atoms with E-state index in [-0.39, 0.29) is 6.61 Å². The van der Waals surface area contributed by atoms with Crippen molar-refractivity contribution in [3.05, 3.63) is 34.9 Å². The first kappa shape index (κ1) is 12.3. The van der Waals surface area contributed by atoms with Gasteiger partial charge in [-0.1, -0.05) is 12.0 Å². The fourth-order valence-corrected chi connectivity index (χ4v) is 1.21. The lowest BCUT2D eigenvalue weighted by atomic mass is 10.1. The van der Waals surface area contributed by atoms with Crippen molar-refractivity contribution >= 4 is 5.97 Å². The monoisotopic (exact) mass is 218 g/mol. The molecule has 0 aliphatic rings. The van der Waals surface area contributed by atoms with E-state index in [1.165, 1.54) is 0 Å². The third kappa shape index (κ3) is 3.41. The van der Waals surface area contributed by atoms with Crippen molar-refractivity contribution in [1.29, 1.82) is 0 Å². The van der Waals surface area contributed by atoms with E-state index in [2.05, 4.69) is 16.6 Å². The van der Waals surface area contributed by atoms with Gasteiger partial charge in [-0.15, -0.1) is 0 Å². The zero-order chi connectivity index (χ0) is 12.0. The van der Waals surface area contributed by atoms with Crippen molar-refractivity contribution < 1.29 is 14.6 Å². The van der Waals surface area contributed by atoms with Gasteiger partial charge in [-0.3, -0.25) is 0 Å². The molecule has 0 saturated heterocycles. The highest BCUT2D eigenvalue weighted by atomic mass is 16.5. The standard InChI is InChI=1S/C13H14O3/c1-3-16-13(15)7-6-11-5-4-10(2)12(8-11)9-14/h4-5,8,14H,3,9H2,1-2H3. The zero-order valence-corrected chi connectivity index (χ0v) is 9.41. The van der Waals surface area contributed by atoms with Crippen LogP contribution < -0.4 is 0 Å². The van der Waals surface area contributed by atoms with Crippen LogP contribution in [0.15, 0.2) is 18.2 Å². The molecule has 0 aromatic heterocycles. The summed E-state index contributed by atoms with van der Waals surface area (Å²) < 4.78 is 4.68. The fraction of sp³-hybridized carbons (Fsp3) is 0.308. The molecule has 0 fully saturated rings. The lowest BCUT2D eigenvalue weighted by Gasteiger charge is -2.01. The molecule has 3 nitrogen and oxygen atoms in total. The predicted octanol–water partition coefficient (Wildman–Crippen LogP) is 1.40. The number of ether oxygens (including phenoxy) is 1. The van der Waals surface area contributed by atoms with Crippen molar-refractivity contribution in [2.45, 2.75) is 20.5 Å². The summed E-state index contributed by atoms with van der Waals surface area (Å²) in [5.41, 5.74) is 2.52. The third-order valence-corrected chi connectivity index (χ3v) is 2.10. The largest absolute Gasteiger partial charge is 0.456 e. The van der Waals surface area contributed by atoms with Gasteiger partial charge in [-0.05, 0) is 37.1 Å². The van der Waals surface area contributed by atoms with Gasteiger partial charge in [0.05, 0.1) is 13.2 Å². The summed E-state index contributed by atoms with van der Waals surface area (Å²) >= 11 is 0. The number of carbonyl (C=O) groups is 1. The Morgan fingerprint density at radius 3 is 2.88 bits per heavy atom. The van der Waals surface area contributed by atoms with Gasteiger partial charge in [0, 0.05) is 11.5 Å². The molecule has 0 radical (unpaired) electrons. The maximum absolute atomic E-state index is 11.0. The predicted molar refractivity (Wildman–Crippen MR) is 60.6 cm³/mol. The van der Waals surface area contributed by atoms with Gasteiger partial charge in [-0.2, -0.15) is 0 Å². The van der Waals surface area contributed by atoms with Crippen molar-refractivity contribution in [1.82, 2.24) is 0 Å². The van der Waals surface area contributed by atoms with Gasteiger partial charge in [0.15, 0.2) is 0 Å². The Kier molecular flexibility index (Phi) is 4.56. The van der Waals surface area contributed by atoms with Gasteiger partial charge in [0.2, 0.25) is 0 Å². The number of rotatable bonds is 2. The van der Waals surface area contributed by atoms with Gasteiger partial charge in [0.1, 0.15) is 0 Å². The number of hydrogen-bond donors (Lipinski definition) is 1. The minimum absolute atomic E-state index is 0.0270. The fourth-order valence-electron chi connectivity index (χ4n) is 1.21. The molecule has 0 amide bonds. The molecule has 84 valence electrons. The Bertz CT molecular complexity index is 438. The first-order valence-electron chi connectivity index (χ1n) is 5.06. The Hall–Kier alpha value is -1.79. The number of carbonyl (C=O) groups excluding carboxylic acids is 1. The summed E-state index contributed by atoms with van der Waals surface area (Å²) in [5.74, 6) is 4.54. The van der Waals surface area contributed by atoms with Crippen molar-refractivity contribution in [3.8, 4) is 11.8 Å². The van der Waals surface area contributed by atoms with E-state index in [0.717, 1.165) is 11.1 Å². The molecule has 0 aliphatic carbocycles. The molecule has 0 atom stereocenters. The normalized spacial score (nSPS) is 9.19. The van der Waals surface area contributed by atoms with Crippen LogP contribution in [-0.4, -0.2) is 17.7 Å². The van der Waals surface area contributed by atoms with Gasteiger partial charge >= 0.3 is 5.97 Å². The van der Waals surface area contributed by atoms with Crippen molar-refractivity contribution in [3.63, 3.8) is 0 Å². The number of hydrogen-bond acceptors (Lipinski definition) is 3. The topological polar surface area (TPSA) is 46.5 Å². The molecule has 3 heteroatoms. The summed E-state index contributed by atoms with van der Waals surface area (Å²) in [6.45, 7) is 3.94. The van der Waals surface area contributed by atoms with Crippen LogP contribution in [0.1, 0.15) is 23.6 Å². The molecule has 0 bridgehead atoms. The zero-order valence-electron chi connectivity index (χ0n) is 9.41. The van der Waals surface area contributed by atoms with Crippen LogP contribution in [-0.2, 0) is 16.1 Å². The highest BCUT2D eigenvalue weighted by molar-refractivity contribution is 5.89. The summed E-state index contributed by atoms with van der Waals surface area (Å²) in [4.78, 5) is 11.0. The number of aliphatic hydroxyl groups is 1. The second-order valence-electron chi connectivity index (χ2n) is 3.27. The summed E-state index contributed by atoms with van der Waals surface area (Å²) in [7, 11) is 0. The number of benzene rings is 1. The maximum atomic E-state index is 11.0. The van der Waals surface area contributed by atoms with Crippen LogP contribution >= 0.6 is 0 Å². The lowest BCUT2D eigenvalue weighted by molar-refractivity contribution is -0.136. The Balaban J connectivity index is 2.85. The van der Waals surface area contributed by atoms with Crippen LogP contribution in [0, 0.1) is 18.8 Å². The highest BCUT2D eigenvalue weighted by Crippen LogP contribution is 2.10. The van der Waals surface area contributed by atoms with E-state index in [0.29, 0.717) is 12.2 Å². The molecule has 0 heterocycles. The molecule has 1 aromatic rings. The van der Waals surface area contributed by atoms with Gasteiger partial charge in [0.25, 0.3) is 0 Å². The number of aryl methyl sites for hydroxylation is 1. The van der Waals surface area contributed by atoms with E-state index >= 15 is 0 Å². The second kappa shape index (κ2) is 5.94. The molecule has 0 spiro atoms. The van der Waals surface area contributed by atoms with Crippen LogP contribution in [0.3, 0.4) is 0 Å². The molecular formula is C13H14O3.